The van der Waals surface area contributed by atoms with Crippen LogP contribution in [-0.4, -0.2) is 32.6 Å². The van der Waals surface area contributed by atoms with Crippen molar-refractivity contribution in [3.05, 3.63) is 77.3 Å². The first-order valence-corrected chi connectivity index (χ1v) is 9.68. The van der Waals surface area contributed by atoms with Crippen molar-refractivity contribution in [1.82, 2.24) is 0 Å². The maximum atomic E-state index is 12.6. The van der Waals surface area contributed by atoms with E-state index in [0.717, 1.165) is 0 Å². The van der Waals surface area contributed by atoms with Crippen LogP contribution in [0.3, 0.4) is 0 Å². The Morgan fingerprint density at radius 1 is 0.871 bits per heavy atom. The Morgan fingerprint density at radius 3 is 2.32 bits per heavy atom. The van der Waals surface area contributed by atoms with Crippen molar-refractivity contribution < 1.29 is 23.8 Å². The van der Waals surface area contributed by atoms with Crippen LogP contribution in [-0.2, 0) is 4.79 Å². The van der Waals surface area contributed by atoms with Gasteiger partial charge in [-0.1, -0.05) is 35.9 Å². The number of halogens is 1. The van der Waals surface area contributed by atoms with Crippen LogP contribution in [0.1, 0.15) is 10.4 Å². The van der Waals surface area contributed by atoms with E-state index in [0.29, 0.717) is 34.2 Å². The molecule has 0 atom stereocenters. The third kappa shape index (κ3) is 5.90. The molecule has 0 aromatic heterocycles. The predicted octanol–water partition coefficient (Wildman–Crippen LogP) is 4.63. The molecule has 8 heteroatoms. The number of hydrogen-bond donors (Lipinski definition) is 2. The van der Waals surface area contributed by atoms with E-state index in [2.05, 4.69) is 10.6 Å². The second kappa shape index (κ2) is 10.4. The lowest BCUT2D eigenvalue weighted by Crippen LogP contribution is -2.20. The average molecular weight is 441 g/mol. The van der Waals surface area contributed by atoms with Crippen molar-refractivity contribution in [3.8, 4) is 17.2 Å². The Balaban J connectivity index is 1.63. The summed E-state index contributed by atoms with van der Waals surface area (Å²) in [5.74, 6) is 0.459. The summed E-state index contributed by atoms with van der Waals surface area (Å²) < 4.78 is 15.9. The highest BCUT2D eigenvalue weighted by atomic mass is 35.5. The monoisotopic (exact) mass is 440 g/mol. The van der Waals surface area contributed by atoms with Crippen LogP contribution in [0, 0.1) is 0 Å². The third-order valence-electron chi connectivity index (χ3n) is 4.22. The quantitative estimate of drug-likeness (QED) is 0.533. The number of rotatable bonds is 8. The molecule has 0 bridgehead atoms. The van der Waals surface area contributed by atoms with E-state index in [-0.39, 0.29) is 23.4 Å². The first-order valence-electron chi connectivity index (χ1n) is 9.31. The number of amides is 2. The SMILES string of the molecule is COc1cc(C(=O)Nc2cccc(OCC(=O)Nc3ccccc3)c2)cc(Cl)c1OC. The molecule has 31 heavy (non-hydrogen) atoms. The van der Waals surface area contributed by atoms with Gasteiger partial charge in [-0.3, -0.25) is 9.59 Å². The average Bonchev–Trinajstić information content (AvgIpc) is 2.78. The van der Waals surface area contributed by atoms with Gasteiger partial charge in [-0.05, 0) is 36.4 Å². The number of methoxy groups -OCH3 is 2. The van der Waals surface area contributed by atoms with Crippen molar-refractivity contribution in [2.45, 2.75) is 0 Å². The Morgan fingerprint density at radius 2 is 1.61 bits per heavy atom. The lowest BCUT2D eigenvalue weighted by Gasteiger charge is -2.12. The molecule has 3 aromatic rings. The summed E-state index contributed by atoms with van der Waals surface area (Å²) in [5.41, 5.74) is 1.48. The van der Waals surface area contributed by atoms with Gasteiger partial charge in [0.2, 0.25) is 0 Å². The fourth-order valence-electron chi connectivity index (χ4n) is 2.78. The lowest BCUT2D eigenvalue weighted by molar-refractivity contribution is -0.118. The molecule has 0 fully saturated rings. The van der Waals surface area contributed by atoms with Gasteiger partial charge in [0.1, 0.15) is 5.75 Å². The Bertz CT molecular complexity index is 1070. The fraction of sp³-hybridized carbons (Fsp3) is 0.130. The van der Waals surface area contributed by atoms with Crippen molar-refractivity contribution in [1.29, 1.82) is 0 Å². The third-order valence-corrected chi connectivity index (χ3v) is 4.50. The van der Waals surface area contributed by atoms with Crippen LogP contribution in [0.25, 0.3) is 0 Å². The first-order chi connectivity index (χ1) is 15.0. The molecule has 0 aliphatic carbocycles. The zero-order valence-electron chi connectivity index (χ0n) is 17.0. The maximum absolute atomic E-state index is 12.6. The second-order valence-electron chi connectivity index (χ2n) is 6.38. The summed E-state index contributed by atoms with van der Waals surface area (Å²) in [6.45, 7) is -0.169. The standard InChI is InChI=1S/C23H21ClN2O5/c1-29-20-12-15(11-19(24)22(20)30-2)23(28)26-17-9-6-10-18(13-17)31-14-21(27)25-16-7-4-3-5-8-16/h3-13H,14H2,1-2H3,(H,25,27)(H,26,28). The van der Waals surface area contributed by atoms with Gasteiger partial charge in [-0.25, -0.2) is 0 Å². The van der Waals surface area contributed by atoms with Gasteiger partial charge in [-0.2, -0.15) is 0 Å². The van der Waals surface area contributed by atoms with Gasteiger partial charge in [0.25, 0.3) is 11.8 Å². The van der Waals surface area contributed by atoms with E-state index in [1.54, 1.807) is 36.4 Å². The molecule has 0 aliphatic heterocycles. The number of carbonyl (C=O) groups excluding carboxylic acids is 2. The van der Waals surface area contributed by atoms with Crippen molar-refractivity contribution >= 4 is 34.8 Å². The minimum Gasteiger partial charge on any atom is -0.493 e. The molecule has 7 nitrogen and oxygen atoms in total. The lowest BCUT2D eigenvalue weighted by atomic mass is 10.1. The number of para-hydroxylation sites is 1. The summed E-state index contributed by atoms with van der Waals surface area (Å²) in [5, 5.41) is 5.76. The molecule has 0 saturated heterocycles. The summed E-state index contributed by atoms with van der Waals surface area (Å²) in [4.78, 5) is 24.7. The summed E-state index contributed by atoms with van der Waals surface area (Å²) in [7, 11) is 2.93. The predicted molar refractivity (Wildman–Crippen MR) is 120 cm³/mol. The molecule has 0 aliphatic rings. The van der Waals surface area contributed by atoms with Gasteiger partial charge in [0.15, 0.2) is 18.1 Å². The van der Waals surface area contributed by atoms with Crippen LogP contribution in [0.4, 0.5) is 11.4 Å². The zero-order valence-corrected chi connectivity index (χ0v) is 17.7. The Kier molecular flexibility index (Phi) is 7.35. The molecular formula is C23H21ClN2O5. The summed E-state index contributed by atoms with van der Waals surface area (Å²) in [6, 6.07) is 18.8. The van der Waals surface area contributed by atoms with Crippen LogP contribution in [0.2, 0.25) is 5.02 Å². The first kappa shape index (κ1) is 22.0. The number of carbonyl (C=O) groups is 2. The normalized spacial score (nSPS) is 10.2. The molecule has 0 spiro atoms. The highest BCUT2D eigenvalue weighted by Crippen LogP contribution is 2.36. The molecule has 160 valence electrons. The van der Waals surface area contributed by atoms with E-state index in [1.165, 1.54) is 26.4 Å². The smallest absolute Gasteiger partial charge is 0.262 e. The molecule has 0 radical (unpaired) electrons. The molecule has 3 aromatic carbocycles. The molecule has 0 saturated carbocycles. The van der Waals surface area contributed by atoms with Crippen LogP contribution in [0.15, 0.2) is 66.7 Å². The molecular weight excluding hydrogens is 420 g/mol. The molecule has 0 heterocycles. The Hall–Kier alpha value is -3.71. The summed E-state index contributed by atoms with van der Waals surface area (Å²) in [6.07, 6.45) is 0. The van der Waals surface area contributed by atoms with Gasteiger partial charge >= 0.3 is 0 Å². The van der Waals surface area contributed by atoms with Crippen molar-refractivity contribution in [3.63, 3.8) is 0 Å². The minimum atomic E-state index is -0.387. The number of anilines is 2. The van der Waals surface area contributed by atoms with E-state index < -0.39 is 0 Å². The van der Waals surface area contributed by atoms with Crippen LogP contribution < -0.4 is 24.8 Å². The van der Waals surface area contributed by atoms with Crippen molar-refractivity contribution in [2.75, 3.05) is 31.5 Å². The zero-order chi connectivity index (χ0) is 22.2. The van der Waals surface area contributed by atoms with E-state index in [1.807, 2.05) is 18.2 Å². The maximum Gasteiger partial charge on any atom is 0.262 e. The van der Waals surface area contributed by atoms with Gasteiger partial charge < -0.3 is 24.8 Å². The van der Waals surface area contributed by atoms with Gasteiger partial charge in [-0.15, -0.1) is 0 Å². The van der Waals surface area contributed by atoms with Gasteiger partial charge in [0.05, 0.1) is 19.2 Å². The minimum absolute atomic E-state index is 0.169. The number of nitrogens with one attached hydrogen (secondary N) is 2. The van der Waals surface area contributed by atoms with E-state index in [4.69, 9.17) is 25.8 Å². The largest absolute Gasteiger partial charge is 0.493 e. The van der Waals surface area contributed by atoms with E-state index >= 15 is 0 Å². The van der Waals surface area contributed by atoms with Gasteiger partial charge in [0, 0.05) is 23.0 Å². The number of hydrogen-bond acceptors (Lipinski definition) is 5. The van der Waals surface area contributed by atoms with Crippen LogP contribution >= 0.6 is 11.6 Å². The molecule has 3 rings (SSSR count). The van der Waals surface area contributed by atoms with Crippen molar-refractivity contribution in [2.24, 2.45) is 0 Å². The van der Waals surface area contributed by atoms with E-state index in [9.17, 15) is 9.59 Å². The topological polar surface area (TPSA) is 85.9 Å². The highest BCUT2D eigenvalue weighted by Gasteiger charge is 2.15. The second-order valence-corrected chi connectivity index (χ2v) is 6.79. The molecule has 0 unspecified atom stereocenters. The Labute approximate surface area is 184 Å². The number of benzene rings is 3. The number of ether oxygens (including phenoxy) is 3. The molecule has 2 amide bonds. The highest BCUT2D eigenvalue weighted by molar-refractivity contribution is 6.32. The fourth-order valence-corrected chi connectivity index (χ4v) is 3.07. The van der Waals surface area contributed by atoms with Crippen LogP contribution in [0.5, 0.6) is 17.2 Å². The molecule has 2 N–H and O–H groups in total. The summed E-state index contributed by atoms with van der Waals surface area (Å²) >= 11 is 6.17.